The summed E-state index contributed by atoms with van der Waals surface area (Å²) in [6.45, 7) is 2.86. The molecule has 0 bridgehead atoms. The summed E-state index contributed by atoms with van der Waals surface area (Å²) in [4.78, 5) is 0. The van der Waals surface area contributed by atoms with Crippen LogP contribution in [0.1, 0.15) is 12.0 Å². The van der Waals surface area contributed by atoms with Crippen LogP contribution in [0, 0.1) is 0 Å². The zero-order valence-corrected chi connectivity index (χ0v) is 8.41. The van der Waals surface area contributed by atoms with Gasteiger partial charge in [0.15, 0.2) is 0 Å². The van der Waals surface area contributed by atoms with E-state index in [1.165, 1.54) is 5.56 Å². The fraction of sp³-hybridized carbons (Fsp3) is 0.500. The predicted octanol–water partition coefficient (Wildman–Crippen LogP) is 1.61. The first kappa shape index (κ1) is 9.69. The lowest BCUT2D eigenvalue weighted by atomic mass is 10.1. The number of nitrogens with one attached hydrogen (secondary N) is 1. The quantitative estimate of drug-likeness (QED) is 0.780. The van der Waals surface area contributed by atoms with Crippen LogP contribution in [0.15, 0.2) is 30.3 Å². The maximum atomic E-state index is 5.30. The van der Waals surface area contributed by atoms with E-state index in [-0.39, 0.29) is 0 Å². The van der Waals surface area contributed by atoms with Gasteiger partial charge in [0.05, 0.1) is 6.61 Å². The molecule has 1 fully saturated rings. The Balaban J connectivity index is 1.67. The maximum Gasteiger partial charge on any atom is 0.0620 e. The lowest BCUT2D eigenvalue weighted by Gasteiger charge is -2.09. The molecule has 2 heteroatoms. The van der Waals surface area contributed by atoms with Crippen molar-refractivity contribution in [2.45, 2.75) is 18.9 Å². The van der Waals surface area contributed by atoms with Gasteiger partial charge in [0.2, 0.25) is 0 Å². The Labute approximate surface area is 85.3 Å². The Bertz CT molecular complexity index is 254. The molecule has 0 amide bonds. The third kappa shape index (κ3) is 2.82. The Hall–Kier alpha value is -0.860. The first-order chi connectivity index (χ1) is 6.95. The second kappa shape index (κ2) is 5.13. The Kier molecular flexibility index (Phi) is 3.55. The van der Waals surface area contributed by atoms with E-state index in [0.29, 0.717) is 6.04 Å². The van der Waals surface area contributed by atoms with Crippen molar-refractivity contribution in [2.75, 3.05) is 19.8 Å². The van der Waals surface area contributed by atoms with E-state index in [4.69, 9.17) is 4.74 Å². The van der Waals surface area contributed by atoms with Gasteiger partial charge in [0.1, 0.15) is 0 Å². The largest absolute Gasteiger partial charge is 0.380 e. The third-order valence-corrected chi connectivity index (χ3v) is 2.62. The van der Waals surface area contributed by atoms with E-state index in [0.717, 1.165) is 32.6 Å². The van der Waals surface area contributed by atoms with E-state index >= 15 is 0 Å². The van der Waals surface area contributed by atoms with Gasteiger partial charge in [-0.15, -0.1) is 0 Å². The normalized spacial score (nSPS) is 21.3. The van der Waals surface area contributed by atoms with Gasteiger partial charge in [-0.25, -0.2) is 0 Å². The van der Waals surface area contributed by atoms with Crippen LogP contribution in [0.3, 0.4) is 0 Å². The van der Waals surface area contributed by atoms with Crippen LogP contribution >= 0.6 is 0 Å². The highest BCUT2D eigenvalue weighted by Gasteiger charge is 2.13. The maximum absolute atomic E-state index is 5.30. The van der Waals surface area contributed by atoms with Crippen molar-refractivity contribution in [3.8, 4) is 0 Å². The summed E-state index contributed by atoms with van der Waals surface area (Å²) in [5.41, 5.74) is 1.40. The van der Waals surface area contributed by atoms with Gasteiger partial charge in [0, 0.05) is 12.6 Å². The molecule has 14 heavy (non-hydrogen) atoms. The molecule has 1 aromatic rings. The summed E-state index contributed by atoms with van der Waals surface area (Å²) in [7, 11) is 0. The Morgan fingerprint density at radius 3 is 2.86 bits per heavy atom. The van der Waals surface area contributed by atoms with Gasteiger partial charge in [-0.1, -0.05) is 30.3 Å². The molecular weight excluding hydrogens is 174 g/mol. The third-order valence-electron chi connectivity index (χ3n) is 2.62. The molecule has 1 aliphatic heterocycles. The van der Waals surface area contributed by atoms with E-state index in [9.17, 15) is 0 Å². The van der Waals surface area contributed by atoms with Crippen LogP contribution in [0.4, 0.5) is 0 Å². The summed E-state index contributed by atoms with van der Waals surface area (Å²) < 4.78 is 5.30. The van der Waals surface area contributed by atoms with Crippen molar-refractivity contribution in [1.29, 1.82) is 0 Å². The van der Waals surface area contributed by atoms with Crippen molar-refractivity contribution in [3.63, 3.8) is 0 Å². The van der Waals surface area contributed by atoms with Gasteiger partial charge < -0.3 is 10.1 Å². The van der Waals surface area contributed by atoms with Crippen LogP contribution in [0.5, 0.6) is 0 Å². The van der Waals surface area contributed by atoms with E-state index in [1.807, 2.05) is 0 Å². The van der Waals surface area contributed by atoms with Crippen molar-refractivity contribution in [3.05, 3.63) is 35.9 Å². The number of hydrogen-bond donors (Lipinski definition) is 1. The van der Waals surface area contributed by atoms with Crippen molar-refractivity contribution >= 4 is 0 Å². The molecule has 0 aliphatic carbocycles. The molecule has 2 nitrogen and oxygen atoms in total. The van der Waals surface area contributed by atoms with Gasteiger partial charge in [-0.3, -0.25) is 0 Å². The van der Waals surface area contributed by atoms with Crippen molar-refractivity contribution < 1.29 is 4.74 Å². The van der Waals surface area contributed by atoms with Crippen molar-refractivity contribution in [2.24, 2.45) is 0 Å². The minimum Gasteiger partial charge on any atom is -0.380 e. The summed E-state index contributed by atoms with van der Waals surface area (Å²) in [5, 5.41) is 3.51. The smallest absolute Gasteiger partial charge is 0.0620 e. The second-order valence-corrected chi connectivity index (χ2v) is 3.75. The molecule has 1 heterocycles. The number of hydrogen-bond acceptors (Lipinski definition) is 2. The molecule has 0 unspecified atom stereocenters. The van der Waals surface area contributed by atoms with Crippen LogP contribution < -0.4 is 5.32 Å². The lowest BCUT2D eigenvalue weighted by molar-refractivity contribution is 0.190. The van der Waals surface area contributed by atoms with Crippen LogP contribution in [0.2, 0.25) is 0 Å². The molecule has 1 atom stereocenters. The topological polar surface area (TPSA) is 21.3 Å². The van der Waals surface area contributed by atoms with Gasteiger partial charge >= 0.3 is 0 Å². The zero-order valence-electron chi connectivity index (χ0n) is 8.41. The fourth-order valence-corrected chi connectivity index (χ4v) is 1.76. The average molecular weight is 191 g/mol. The molecular formula is C12H17NO. The summed E-state index contributed by atoms with van der Waals surface area (Å²) in [6.07, 6.45) is 2.27. The van der Waals surface area contributed by atoms with Gasteiger partial charge in [0.25, 0.3) is 0 Å². The molecule has 0 radical (unpaired) electrons. The number of rotatable bonds is 4. The van der Waals surface area contributed by atoms with Crippen LogP contribution in [0.25, 0.3) is 0 Å². The van der Waals surface area contributed by atoms with Crippen LogP contribution in [-0.2, 0) is 11.2 Å². The monoisotopic (exact) mass is 191 g/mol. The number of ether oxygens (including phenoxy) is 1. The Morgan fingerprint density at radius 1 is 1.29 bits per heavy atom. The molecule has 1 aliphatic rings. The molecule has 1 saturated heterocycles. The average Bonchev–Trinajstić information content (AvgIpc) is 2.72. The molecule has 2 rings (SSSR count). The second-order valence-electron chi connectivity index (χ2n) is 3.75. The highest BCUT2D eigenvalue weighted by atomic mass is 16.5. The van der Waals surface area contributed by atoms with Crippen LogP contribution in [-0.4, -0.2) is 25.8 Å². The highest BCUT2D eigenvalue weighted by molar-refractivity contribution is 5.14. The SMILES string of the molecule is c1ccc(CCN[C@H]2CCOC2)cc1. The summed E-state index contributed by atoms with van der Waals surface area (Å²) in [6, 6.07) is 11.2. The minimum atomic E-state index is 0.582. The molecule has 0 saturated carbocycles. The molecule has 76 valence electrons. The zero-order chi connectivity index (χ0) is 9.64. The van der Waals surface area contributed by atoms with Gasteiger partial charge in [-0.05, 0) is 24.9 Å². The molecule has 0 spiro atoms. The van der Waals surface area contributed by atoms with E-state index in [2.05, 4.69) is 35.6 Å². The first-order valence-electron chi connectivity index (χ1n) is 5.30. The lowest BCUT2D eigenvalue weighted by Crippen LogP contribution is -2.30. The fourth-order valence-electron chi connectivity index (χ4n) is 1.76. The minimum absolute atomic E-state index is 0.582. The van der Waals surface area contributed by atoms with E-state index in [1.54, 1.807) is 0 Å². The van der Waals surface area contributed by atoms with Crippen molar-refractivity contribution in [1.82, 2.24) is 5.32 Å². The highest BCUT2D eigenvalue weighted by Crippen LogP contribution is 2.04. The first-order valence-corrected chi connectivity index (χ1v) is 5.30. The van der Waals surface area contributed by atoms with Gasteiger partial charge in [-0.2, -0.15) is 0 Å². The molecule has 1 aromatic carbocycles. The standard InChI is InChI=1S/C12H17NO/c1-2-4-11(5-3-1)6-8-13-12-7-9-14-10-12/h1-5,12-13H,6-10H2/t12-/m0/s1. The predicted molar refractivity (Wildman–Crippen MR) is 57.4 cm³/mol. The molecule has 0 aromatic heterocycles. The summed E-state index contributed by atoms with van der Waals surface area (Å²) in [5.74, 6) is 0. The number of benzene rings is 1. The van der Waals surface area contributed by atoms with E-state index < -0.39 is 0 Å². The summed E-state index contributed by atoms with van der Waals surface area (Å²) >= 11 is 0. The Morgan fingerprint density at radius 2 is 2.14 bits per heavy atom. The molecule has 1 N–H and O–H groups in total.